The van der Waals surface area contributed by atoms with Crippen molar-refractivity contribution in [2.75, 3.05) is 6.54 Å². The molecule has 5 nitrogen and oxygen atoms in total. The van der Waals surface area contributed by atoms with Crippen molar-refractivity contribution in [3.8, 4) is 11.5 Å². The second-order valence-corrected chi connectivity index (χ2v) is 8.17. The van der Waals surface area contributed by atoms with Crippen LogP contribution in [0.1, 0.15) is 51.0 Å². The smallest absolute Gasteiger partial charge is 0.311 e. The van der Waals surface area contributed by atoms with Crippen LogP contribution < -0.4 is 14.8 Å². The number of ether oxygens (including phenoxy) is 2. The third-order valence-corrected chi connectivity index (χ3v) is 5.82. The Labute approximate surface area is 195 Å². The van der Waals surface area contributed by atoms with E-state index in [2.05, 4.69) is 31.3 Å². The third kappa shape index (κ3) is 6.45. The number of hydrogen-bond donors (Lipinski definition) is 1. The maximum absolute atomic E-state index is 12.7. The van der Waals surface area contributed by atoms with Crippen molar-refractivity contribution in [1.82, 2.24) is 5.32 Å². The van der Waals surface area contributed by atoms with Crippen LogP contribution in [-0.2, 0) is 11.4 Å². The highest BCUT2D eigenvalue weighted by Gasteiger charge is 2.14. The molecular formula is C28H31NO4. The zero-order valence-electron chi connectivity index (χ0n) is 19.7. The topological polar surface area (TPSA) is 64.6 Å². The van der Waals surface area contributed by atoms with Crippen molar-refractivity contribution in [1.29, 1.82) is 0 Å². The largest absolute Gasteiger partial charge is 0.489 e. The van der Waals surface area contributed by atoms with Gasteiger partial charge in [0.05, 0.1) is 0 Å². The van der Waals surface area contributed by atoms with Crippen LogP contribution in [0.5, 0.6) is 11.5 Å². The number of amides is 1. The second-order valence-electron chi connectivity index (χ2n) is 8.17. The SMILES string of the molecule is Cc1cccc(C)c1COc1ccc(C(=O)NCCCC(=O)Oc2ccccc2)c(C)c1C. The lowest BCUT2D eigenvalue weighted by Crippen LogP contribution is -2.26. The summed E-state index contributed by atoms with van der Waals surface area (Å²) in [5, 5.41) is 2.89. The highest BCUT2D eigenvalue weighted by Crippen LogP contribution is 2.26. The first-order valence-corrected chi connectivity index (χ1v) is 11.2. The number of esters is 1. The van der Waals surface area contributed by atoms with E-state index in [-0.39, 0.29) is 18.3 Å². The van der Waals surface area contributed by atoms with E-state index < -0.39 is 0 Å². The number of carbonyl (C=O) groups excluding carboxylic acids is 2. The van der Waals surface area contributed by atoms with Gasteiger partial charge in [-0.1, -0.05) is 36.4 Å². The maximum Gasteiger partial charge on any atom is 0.311 e. The molecule has 0 bridgehead atoms. The Morgan fingerprint density at radius 3 is 2.21 bits per heavy atom. The van der Waals surface area contributed by atoms with Crippen LogP contribution in [0, 0.1) is 27.7 Å². The van der Waals surface area contributed by atoms with Gasteiger partial charge in [-0.25, -0.2) is 0 Å². The lowest BCUT2D eigenvalue weighted by molar-refractivity contribution is -0.134. The number of rotatable bonds is 9. The summed E-state index contributed by atoms with van der Waals surface area (Å²) in [7, 11) is 0. The monoisotopic (exact) mass is 445 g/mol. The summed E-state index contributed by atoms with van der Waals surface area (Å²) in [6.45, 7) is 8.94. The molecule has 3 aromatic carbocycles. The molecule has 0 aliphatic heterocycles. The maximum atomic E-state index is 12.7. The number of para-hydroxylation sites is 1. The fourth-order valence-electron chi connectivity index (χ4n) is 3.63. The number of aryl methyl sites for hydroxylation is 2. The van der Waals surface area contributed by atoms with Crippen LogP contribution in [0.2, 0.25) is 0 Å². The van der Waals surface area contributed by atoms with E-state index in [1.54, 1.807) is 18.2 Å². The van der Waals surface area contributed by atoms with Gasteiger partial charge >= 0.3 is 5.97 Å². The van der Waals surface area contributed by atoms with E-state index in [0.29, 0.717) is 30.9 Å². The Morgan fingerprint density at radius 1 is 0.818 bits per heavy atom. The molecule has 0 atom stereocenters. The van der Waals surface area contributed by atoms with Crippen LogP contribution in [0.3, 0.4) is 0 Å². The minimum atomic E-state index is -0.312. The number of hydrogen-bond acceptors (Lipinski definition) is 4. The van der Waals surface area contributed by atoms with Crippen molar-refractivity contribution < 1.29 is 19.1 Å². The summed E-state index contributed by atoms with van der Waals surface area (Å²) in [5.41, 5.74) is 6.03. The van der Waals surface area contributed by atoms with E-state index in [9.17, 15) is 9.59 Å². The molecule has 0 aliphatic carbocycles. The van der Waals surface area contributed by atoms with Crippen LogP contribution in [-0.4, -0.2) is 18.4 Å². The molecule has 5 heteroatoms. The number of benzene rings is 3. The summed E-state index contributed by atoms with van der Waals surface area (Å²) >= 11 is 0. The van der Waals surface area contributed by atoms with E-state index in [1.165, 1.54) is 16.7 Å². The molecule has 0 fully saturated rings. The summed E-state index contributed by atoms with van der Waals surface area (Å²) in [4.78, 5) is 24.6. The molecule has 0 unspecified atom stereocenters. The predicted octanol–water partition coefficient (Wildman–Crippen LogP) is 5.61. The summed E-state index contributed by atoms with van der Waals surface area (Å²) in [5.74, 6) is 0.828. The Hall–Kier alpha value is -3.60. The van der Waals surface area contributed by atoms with E-state index >= 15 is 0 Å². The van der Waals surface area contributed by atoms with E-state index in [4.69, 9.17) is 9.47 Å². The lowest BCUT2D eigenvalue weighted by atomic mass is 10.0. The zero-order chi connectivity index (χ0) is 23.8. The molecule has 3 aromatic rings. The lowest BCUT2D eigenvalue weighted by Gasteiger charge is -2.16. The van der Waals surface area contributed by atoms with E-state index in [0.717, 1.165) is 16.9 Å². The van der Waals surface area contributed by atoms with Gasteiger partial charge in [-0.2, -0.15) is 0 Å². The molecule has 0 heterocycles. The van der Waals surface area contributed by atoms with Crippen LogP contribution >= 0.6 is 0 Å². The zero-order valence-corrected chi connectivity index (χ0v) is 19.7. The molecule has 1 amide bonds. The number of nitrogens with one attached hydrogen (secondary N) is 1. The molecule has 0 spiro atoms. The van der Waals surface area contributed by atoms with Crippen molar-refractivity contribution >= 4 is 11.9 Å². The molecule has 3 rings (SSSR count). The van der Waals surface area contributed by atoms with Crippen LogP contribution in [0.25, 0.3) is 0 Å². The second kappa shape index (κ2) is 11.3. The predicted molar refractivity (Wildman–Crippen MR) is 130 cm³/mol. The van der Waals surface area contributed by atoms with Gasteiger partial charge in [0.25, 0.3) is 5.91 Å². The Balaban J connectivity index is 1.51. The molecule has 172 valence electrons. The quantitative estimate of drug-likeness (QED) is 0.264. The Kier molecular flexibility index (Phi) is 8.25. The Bertz CT molecular complexity index is 1100. The minimum Gasteiger partial charge on any atom is -0.489 e. The average Bonchev–Trinajstić information content (AvgIpc) is 2.79. The highest BCUT2D eigenvalue weighted by atomic mass is 16.5. The van der Waals surface area contributed by atoms with Gasteiger partial charge < -0.3 is 14.8 Å². The van der Waals surface area contributed by atoms with Gasteiger partial charge in [0, 0.05) is 18.5 Å². The molecule has 0 aliphatic rings. The first kappa shape index (κ1) is 24.1. The molecule has 0 radical (unpaired) electrons. The first-order valence-electron chi connectivity index (χ1n) is 11.2. The van der Waals surface area contributed by atoms with Crippen molar-refractivity contribution in [2.24, 2.45) is 0 Å². The van der Waals surface area contributed by atoms with Gasteiger partial charge in [0.1, 0.15) is 18.1 Å². The minimum absolute atomic E-state index is 0.159. The standard InChI is InChI=1S/C28H31NO4/c1-19-10-8-11-20(2)25(19)18-32-26-16-15-24(21(3)22(26)4)28(31)29-17-9-14-27(30)33-23-12-6-5-7-13-23/h5-8,10-13,15-16H,9,14,17-18H2,1-4H3,(H,29,31). The van der Waals surface area contributed by atoms with Crippen molar-refractivity contribution in [3.63, 3.8) is 0 Å². The molecule has 1 N–H and O–H groups in total. The fraction of sp³-hybridized carbons (Fsp3) is 0.286. The van der Waals surface area contributed by atoms with Crippen LogP contribution in [0.4, 0.5) is 0 Å². The summed E-state index contributed by atoms with van der Waals surface area (Å²) < 4.78 is 11.3. The molecule has 0 saturated heterocycles. The molecule has 0 aromatic heterocycles. The van der Waals surface area contributed by atoms with Crippen molar-refractivity contribution in [3.05, 3.63) is 94.0 Å². The van der Waals surface area contributed by atoms with Gasteiger partial charge in [0.2, 0.25) is 0 Å². The molecule has 33 heavy (non-hydrogen) atoms. The van der Waals surface area contributed by atoms with Crippen molar-refractivity contribution in [2.45, 2.75) is 47.1 Å². The van der Waals surface area contributed by atoms with Gasteiger partial charge in [-0.3, -0.25) is 9.59 Å². The summed E-state index contributed by atoms with van der Waals surface area (Å²) in [6, 6.07) is 18.8. The average molecular weight is 446 g/mol. The van der Waals surface area contributed by atoms with Gasteiger partial charge in [0.15, 0.2) is 0 Å². The normalized spacial score (nSPS) is 10.5. The highest BCUT2D eigenvalue weighted by molar-refractivity contribution is 5.96. The third-order valence-electron chi connectivity index (χ3n) is 5.82. The molecule has 0 saturated carbocycles. The summed E-state index contributed by atoms with van der Waals surface area (Å²) in [6.07, 6.45) is 0.741. The van der Waals surface area contributed by atoms with E-state index in [1.807, 2.05) is 44.2 Å². The van der Waals surface area contributed by atoms with Crippen LogP contribution in [0.15, 0.2) is 60.7 Å². The Morgan fingerprint density at radius 2 is 1.52 bits per heavy atom. The fourth-order valence-corrected chi connectivity index (χ4v) is 3.63. The molecular weight excluding hydrogens is 414 g/mol. The first-order chi connectivity index (χ1) is 15.9. The van der Waals surface area contributed by atoms with Gasteiger partial charge in [-0.05, 0) is 86.2 Å². The number of carbonyl (C=O) groups is 2. The van der Waals surface area contributed by atoms with Gasteiger partial charge in [-0.15, -0.1) is 0 Å².